The van der Waals surface area contributed by atoms with Crippen LogP contribution in [0.25, 0.3) is 0 Å². The molecule has 2 aromatic rings. The van der Waals surface area contributed by atoms with Gasteiger partial charge in [-0.15, -0.1) is 35.3 Å². The molecule has 0 amide bonds. The number of guanidine groups is 1. The Hall–Kier alpha value is -1.69. The third-order valence-electron chi connectivity index (χ3n) is 3.55. The highest BCUT2D eigenvalue weighted by atomic mass is 127. The molecule has 156 valence electrons. The molecule has 0 atom stereocenters. The highest BCUT2D eigenvalue weighted by molar-refractivity contribution is 14.0. The van der Waals surface area contributed by atoms with Gasteiger partial charge in [0.1, 0.15) is 0 Å². The Morgan fingerprint density at radius 1 is 1.18 bits per heavy atom. The Morgan fingerprint density at radius 2 is 1.96 bits per heavy atom. The Morgan fingerprint density at radius 3 is 2.57 bits per heavy atom. The molecule has 1 aromatic carbocycles. The molecule has 0 fully saturated rings. The van der Waals surface area contributed by atoms with Gasteiger partial charge in [0.2, 0.25) is 0 Å². The van der Waals surface area contributed by atoms with E-state index in [2.05, 4.69) is 21.7 Å². The van der Waals surface area contributed by atoms with Gasteiger partial charge >= 0.3 is 6.18 Å². The smallest absolute Gasteiger partial charge is 0.422 e. The summed E-state index contributed by atoms with van der Waals surface area (Å²) in [5.41, 5.74) is 0.826. The van der Waals surface area contributed by atoms with Crippen LogP contribution in [-0.4, -0.2) is 39.4 Å². The number of alkyl halides is 3. The van der Waals surface area contributed by atoms with Gasteiger partial charge in [0.25, 0.3) is 0 Å². The number of ether oxygens (including phenoxy) is 2. The van der Waals surface area contributed by atoms with Crippen LogP contribution < -0.4 is 20.1 Å². The van der Waals surface area contributed by atoms with Crippen molar-refractivity contribution >= 4 is 41.3 Å². The van der Waals surface area contributed by atoms with Crippen LogP contribution in [0.5, 0.6) is 11.5 Å². The van der Waals surface area contributed by atoms with Crippen LogP contribution in [0.2, 0.25) is 0 Å². The number of halogens is 4. The predicted octanol–water partition coefficient (Wildman–Crippen LogP) is 4.22. The summed E-state index contributed by atoms with van der Waals surface area (Å²) in [7, 11) is 3.06. The van der Waals surface area contributed by atoms with Crippen LogP contribution in [0.15, 0.2) is 40.7 Å². The van der Waals surface area contributed by atoms with Gasteiger partial charge < -0.3 is 20.1 Å². The number of hydrogen-bond donors (Lipinski definition) is 2. The number of nitrogens with zero attached hydrogens (tertiary/aromatic N) is 1. The number of hydrogen-bond acceptors (Lipinski definition) is 4. The van der Waals surface area contributed by atoms with Gasteiger partial charge in [0.15, 0.2) is 24.1 Å². The fourth-order valence-electron chi connectivity index (χ4n) is 2.27. The van der Waals surface area contributed by atoms with Gasteiger partial charge in [-0.25, -0.2) is 0 Å². The Balaban J connectivity index is 0.00000392. The van der Waals surface area contributed by atoms with Crippen molar-refractivity contribution in [3.63, 3.8) is 0 Å². The molecule has 0 spiro atoms. The summed E-state index contributed by atoms with van der Waals surface area (Å²) in [5.74, 6) is 0.944. The second kappa shape index (κ2) is 12.0. The first kappa shape index (κ1) is 24.3. The summed E-state index contributed by atoms with van der Waals surface area (Å²) in [6.07, 6.45) is -3.50. The second-order valence-electron chi connectivity index (χ2n) is 5.57. The van der Waals surface area contributed by atoms with Gasteiger partial charge in [-0.05, 0) is 35.6 Å². The Bertz CT molecular complexity index is 740. The monoisotopic (exact) mass is 529 g/mol. The van der Waals surface area contributed by atoms with E-state index in [0.717, 1.165) is 18.5 Å². The maximum atomic E-state index is 12.3. The van der Waals surface area contributed by atoms with Crippen molar-refractivity contribution in [3.8, 4) is 11.5 Å². The van der Waals surface area contributed by atoms with E-state index in [-0.39, 0.29) is 35.5 Å². The second-order valence-corrected chi connectivity index (χ2v) is 6.60. The minimum Gasteiger partial charge on any atom is -0.493 e. The largest absolute Gasteiger partial charge is 0.493 e. The van der Waals surface area contributed by atoms with Crippen molar-refractivity contribution in [1.82, 2.24) is 10.6 Å². The van der Waals surface area contributed by atoms with E-state index in [0.29, 0.717) is 12.5 Å². The Kier molecular flexibility index (Phi) is 10.4. The summed E-state index contributed by atoms with van der Waals surface area (Å²) in [6, 6.07) is 8.88. The highest BCUT2D eigenvalue weighted by Gasteiger charge is 2.29. The number of aliphatic imine (C=N–C) groups is 1. The van der Waals surface area contributed by atoms with Crippen LogP contribution >= 0.6 is 35.3 Å². The van der Waals surface area contributed by atoms with Crippen molar-refractivity contribution in [2.75, 3.05) is 27.3 Å². The lowest BCUT2D eigenvalue weighted by Gasteiger charge is -2.15. The maximum Gasteiger partial charge on any atom is 0.422 e. The van der Waals surface area contributed by atoms with E-state index in [1.165, 1.54) is 18.1 Å². The first-order valence-corrected chi connectivity index (χ1v) is 9.12. The summed E-state index contributed by atoms with van der Waals surface area (Å²) in [5, 5.41) is 8.42. The fourth-order valence-corrected chi connectivity index (χ4v) is 2.98. The molecule has 0 aliphatic carbocycles. The fraction of sp³-hybridized carbons (Fsp3) is 0.389. The topological polar surface area (TPSA) is 54.9 Å². The summed E-state index contributed by atoms with van der Waals surface area (Å²) < 4.78 is 46.8. The molecule has 0 saturated carbocycles. The predicted molar refractivity (Wildman–Crippen MR) is 116 cm³/mol. The number of methoxy groups -OCH3 is 1. The van der Waals surface area contributed by atoms with Crippen molar-refractivity contribution in [2.24, 2.45) is 4.99 Å². The van der Waals surface area contributed by atoms with Crippen LogP contribution in [0.3, 0.4) is 0 Å². The van der Waals surface area contributed by atoms with Crippen LogP contribution in [-0.2, 0) is 13.0 Å². The normalized spacial score (nSPS) is 11.5. The molecule has 1 heterocycles. The van der Waals surface area contributed by atoms with Crippen molar-refractivity contribution in [1.29, 1.82) is 0 Å². The standard InChI is InChI=1S/C18H22F3N3O2S.HI/c1-22-17(23-8-7-14-4-3-9-27-14)24-11-13-5-6-15(16(10-13)25-2)26-12-18(19,20)21;/h3-6,9-10H,7-8,11-12H2,1-2H3,(H2,22,23,24);1H. The van der Waals surface area contributed by atoms with Gasteiger partial charge in [-0.2, -0.15) is 13.2 Å². The zero-order valence-electron chi connectivity index (χ0n) is 15.5. The molecule has 0 unspecified atom stereocenters. The molecular weight excluding hydrogens is 506 g/mol. The third kappa shape index (κ3) is 8.55. The van der Waals surface area contributed by atoms with Gasteiger partial charge in [0.05, 0.1) is 7.11 Å². The molecule has 1 aromatic heterocycles. The number of benzene rings is 1. The zero-order valence-corrected chi connectivity index (χ0v) is 18.7. The molecule has 0 bridgehead atoms. The average molecular weight is 529 g/mol. The number of thiophene rings is 1. The highest BCUT2D eigenvalue weighted by Crippen LogP contribution is 2.29. The summed E-state index contributed by atoms with van der Waals surface area (Å²) >= 11 is 1.71. The molecule has 2 N–H and O–H groups in total. The zero-order chi connectivity index (χ0) is 19.7. The van der Waals surface area contributed by atoms with E-state index >= 15 is 0 Å². The minimum atomic E-state index is -4.40. The van der Waals surface area contributed by atoms with Crippen molar-refractivity contribution in [2.45, 2.75) is 19.1 Å². The lowest BCUT2D eigenvalue weighted by molar-refractivity contribution is -0.153. The van der Waals surface area contributed by atoms with E-state index in [4.69, 9.17) is 9.47 Å². The molecule has 0 radical (unpaired) electrons. The number of nitrogens with one attached hydrogen (secondary N) is 2. The van der Waals surface area contributed by atoms with E-state index in [9.17, 15) is 13.2 Å². The lowest BCUT2D eigenvalue weighted by atomic mass is 10.2. The number of rotatable bonds is 8. The molecule has 28 heavy (non-hydrogen) atoms. The minimum absolute atomic E-state index is 0. The first-order chi connectivity index (χ1) is 12.9. The molecule has 5 nitrogen and oxygen atoms in total. The van der Waals surface area contributed by atoms with Crippen LogP contribution in [0, 0.1) is 0 Å². The van der Waals surface area contributed by atoms with Gasteiger partial charge in [-0.1, -0.05) is 12.1 Å². The van der Waals surface area contributed by atoms with Crippen LogP contribution in [0.4, 0.5) is 13.2 Å². The summed E-state index contributed by atoms with van der Waals surface area (Å²) in [6.45, 7) is -0.177. The lowest BCUT2D eigenvalue weighted by Crippen LogP contribution is -2.37. The van der Waals surface area contributed by atoms with Gasteiger partial charge in [-0.3, -0.25) is 4.99 Å². The SMILES string of the molecule is CN=C(NCCc1cccs1)NCc1ccc(OCC(F)(F)F)c(OC)c1.I. The molecule has 0 aliphatic heterocycles. The molecule has 10 heteroatoms. The summed E-state index contributed by atoms with van der Waals surface area (Å²) in [4.78, 5) is 5.44. The third-order valence-corrected chi connectivity index (χ3v) is 4.48. The average Bonchev–Trinajstić information content (AvgIpc) is 3.15. The van der Waals surface area contributed by atoms with Crippen molar-refractivity contribution < 1.29 is 22.6 Å². The molecular formula is C18H23F3IN3O2S. The van der Waals surface area contributed by atoms with Gasteiger partial charge in [0, 0.05) is 25.0 Å². The molecule has 2 rings (SSSR count). The molecule has 0 aliphatic rings. The van der Waals surface area contributed by atoms with Crippen molar-refractivity contribution in [3.05, 3.63) is 46.2 Å². The van der Waals surface area contributed by atoms with Crippen LogP contribution in [0.1, 0.15) is 10.4 Å². The van der Waals surface area contributed by atoms with E-state index < -0.39 is 12.8 Å². The molecule has 0 saturated heterocycles. The Labute approximate surface area is 183 Å². The maximum absolute atomic E-state index is 12.3. The first-order valence-electron chi connectivity index (χ1n) is 8.24. The quantitative estimate of drug-likeness (QED) is 0.306. The van der Waals surface area contributed by atoms with E-state index in [1.54, 1.807) is 30.5 Å². The van der Waals surface area contributed by atoms with E-state index in [1.807, 2.05) is 11.4 Å².